The van der Waals surface area contributed by atoms with Gasteiger partial charge in [-0.25, -0.2) is 0 Å². The summed E-state index contributed by atoms with van der Waals surface area (Å²) in [7, 11) is 0. The molecule has 1 aliphatic carbocycles. The topological polar surface area (TPSA) is 23.8 Å². The van der Waals surface area contributed by atoms with Crippen LogP contribution in [0.3, 0.4) is 0 Å². The van der Waals surface area contributed by atoms with Gasteiger partial charge in [-0.3, -0.25) is 0 Å². The monoisotopic (exact) mass is 163 g/mol. The highest BCUT2D eigenvalue weighted by Crippen LogP contribution is 2.40. The van der Waals surface area contributed by atoms with Crippen LogP contribution >= 0.6 is 0 Å². The van der Waals surface area contributed by atoms with E-state index in [1.54, 1.807) is 0 Å². The van der Waals surface area contributed by atoms with E-state index in [2.05, 4.69) is 26.5 Å². The molecular weight excluding hydrogens is 146 g/mol. The number of hydrogen-bond donors (Lipinski definition) is 0. The van der Waals surface area contributed by atoms with E-state index in [0.29, 0.717) is 24.2 Å². The highest BCUT2D eigenvalue weighted by atomic mass is 14.4. The van der Waals surface area contributed by atoms with Crippen LogP contribution in [0.2, 0.25) is 0 Å². The molecule has 1 heteroatoms. The van der Waals surface area contributed by atoms with Crippen molar-refractivity contribution in [3.8, 4) is 6.07 Å². The molecule has 1 aliphatic rings. The van der Waals surface area contributed by atoms with E-state index in [0.717, 1.165) is 0 Å². The van der Waals surface area contributed by atoms with Crippen LogP contribution in [0.4, 0.5) is 0 Å². The first-order chi connectivity index (χ1) is 5.66. The first kappa shape index (κ1) is 9.32. The number of nitriles is 1. The van der Waals surface area contributed by atoms with Gasteiger partial charge in [0.1, 0.15) is 0 Å². The van der Waals surface area contributed by atoms with Crippen LogP contribution in [-0.4, -0.2) is 0 Å². The van der Waals surface area contributed by atoms with Crippen molar-refractivity contribution in [1.82, 2.24) is 0 Å². The van der Waals surface area contributed by atoms with E-state index in [-0.39, 0.29) is 0 Å². The third-order valence-corrected chi connectivity index (χ3v) is 3.23. The normalized spacial score (nSPS) is 31.6. The summed E-state index contributed by atoms with van der Waals surface area (Å²) in [6.07, 6.45) is 3.10. The van der Waals surface area contributed by atoms with Gasteiger partial charge in [-0.1, -0.05) is 26.0 Å². The van der Waals surface area contributed by atoms with Crippen LogP contribution in [0, 0.1) is 29.1 Å². The maximum atomic E-state index is 8.58. The smallest absolute Gasteiger partial charge is 0.0624 e. The van der Waals surface area contributed by atoms with Crippen LogP contribution in [0.15, 0.2) is 12.2 Å². The van der Waals surface area contributed by atoms with Crippen LogP contribution in [0.25, 0.3) is 0 Å². The summed E-state index contributed by atoms with van der Waals surface area (Å²) in [4.78, 5) is 0. The summed E-state index contributed by atoms with van der Waals surface area (Å²) in [5.74, 6) is 1.88. The second-order valence-electron chi connectivity index (χ2n) is 3.99. The second-order valence-corrected chi connectivity index (χ2v) is 3.99. The molecule has 12 heavy (non-hydrogen) atoms. The lowest BCUT2D eigenvalue weighted by molar-refractivity contribution is 0.314. The van der Waals surface area contributed by atoms with Gasteiger partial charge in [0.15, 0.2) is 0 Å². The van der Waals surface area contributed by atoms with E-state index < -0.39 is 0 Å². The zero-order chi connectivity index (χ0) is 9.14. The lowest BCUT2D eigenvalue weighted by Crippen LogP contribution is -2.14. The largest absolute Gasteiger partial charge is 0.198 e. The highest BCUT2D eigenvalue weighted by molar-refractivity contribution is 5.08. The molecule has 66 valence electrons. The molecular formula is C11H17N. The fraction of sp³-hybridized carbons (Fsp3) is 0.727. The molecule has 3 atom stereocenters. The molecule has 0 N–H and O–H groups in total. The van der Waals surface area contributed by atoms with E-state index in [4.69, 9.17) is 5.26 Å². The Balaban J connectivity index is 2.54. The zero-order valence-electron chi connectivity index (χ0n) is 8.01. The Morgan fingerprint density at radius 2 is 2.42 bits per heavy atom. The number of nitrogens with zero attached hydrogens (tertiary/aromatic N) is 1. The number of rotatable bonds is 2. The van der Waals surface area contributed by atoms with Crippen LogP contribution in [0.1, 0.15) is 33.1 Å². The summed E-state index contributed by atoms with van der Waals surface area (Å²) in [5.41, 5.74) is 1.38. The van der Waals surface area contributed by atoms with Crippen molar-refractivity contribution in [2.24, 2.45) is 17.8 Å². The maximum Gasteiger partial charge on any atom is 0.0624 e. The van der Waals surface area contributed by atoms with Crippen LogP contribution < -0.4 is 0 Å². The minimum absolute atomic E-state index is 0.546. The lowest BCUT2D eigenvalue weighted by atomic mass is 9.84. The molecule has 1 nitrogen and oxygen atoms in total. The molecule has 0 aliphatic heterocycles. The maximum absolute atomic E-state index is 8.58. The molecule has 1 rings (SSSR count). The first-order valence-corrected chi connectivity index (χ1v) is 4.71. The van der Waals surface area contributed by atoms with Gasteiger partial charge in [0, 0.05) is 6.42 Å². The second kappa shape index (κ2) is 3.76. The lowest BCUT2D eigenvalue weighted by Gasteiger charge is -2.20. The molecule has 0 aromatic rings. The molecule has 3 unspecified atom stereocenters. The van der Waals surface area contributed by atoms with Gasteiger partial charge in [0.05, 0.1) is 6.07 Å². The highest BCUT2D eigenvalue weighted by Gasteiger charge is 2.30. The van der Waals surface area contributed by atoms with Gasteiger partial charge >= 0.3 is 0 Å². The fourth-order valence-electron chi connectivity index (χ4n) is 2.21. The predicted octanol–water partition coefficient (Wildman–Crippen LogP) is 3.14. The fourth-order valence-corrected chi connectivity index (χ4v) is 2.21. The zero-order valence-corrected chi connectivity index (χ0v) is 8.01. The minimum Gasteiger partial charge on any atom is -0.198 e. The predicted molar refractivity (Wildman–Crippen MR) is 50.4 cm³/mol. The van der Waals surface area contributed by atoms with Crippen molar-refractivity contribution in [3.63, 3.8) is 0 Å². The quantitative estimate of drug-likeness (QED) is 0.574. The molecule has 0 aromatic heterocycles. The Morgan fingerprint density at radius 1 is 1.75 bits per heavy atom. The Hall–Kier alpha value is -0.770. The standard InChI is InChI=1S/C11H17N/c1-8-4-5-11(10(8)3)9(2)6-7-12/h9-11H,1,4-6H2,2-3H3. The molecule has 0 bridgehead atoms. The molecule has 0 radical (unpaired) electrons. The van der Waals surface area contributed by atoms with Gasteiger partial charge in [-0.05, 0) is 30.6 Å². The molecule has 0 heterocycles. The molecule has 0 aromatic carbocycles. The molecule has 1 fully saturated rings. The Morgan fingerprint density at radius 3 is 2.83 bits per heavy atom. The average molecular weight is 163 g/mol. The van der Waals surface area contributed by atoms with Gasteiger partial charge in [-0.15, -0.1) is 0 Å². The molecule has 0 spiro atoms. The van der Waals surface area contributed by atoms with Crippen molar-refractivity contribution < 1.29 is 0 Å². The van der Waals surface area contributed by atoms with Crippen molar-refractivity contribution >= 4 is 0 Å². The van der Waals surface area contributed by atoms with Crippen molar-refractivity contribution in [1.29, 1.82) is 5.26 Å². The van der Waals surface area contributed by atoms with Crippen molar-refractivity contribution in [2.75, 3.05) is 0 Å². The summed E-state index contributed by atoms with van der Waals surface area (Å²) < 4.78 is 0. The first-order valence-electron chi connectivity index (χ1n) is 4.71. The Kier molecular flexibility index (Phi) is 2.92. The third kappa shape index (κ3) is 1.69. The summed E-state index contributed by atoms with van der Waals surface area (Å²) >= 11 is 0. The van der Waals surface area contributed by atoms with Gasteiger partial charge in [0.2, 0.25) is 0 Å². The van der Waals surface area contributed by atoms with Gasteiger partial charge in [0.25, 0.3) is 0 Å². The SMILES string of the molecule is C=C1CCC(C(C)CC#N)C1C. The Bertz CT molecular complexity index is 212. The van der Waals surface area contributed by atoms with Crippen LogP contribution in [-0.2, 0) is 0 Å². The summed E-state index contributed by atoms with van der Waals surface area (Å²) in [5, 5.41) is 8.58. The number of allylic oxidation sites excluding steroid dienone is 1. The Labute approximate surface area is 75.1 Å². The van der Waals surface area contributed by atoms with E-state index in [1.165, 1.54) is 18.4 Å². The van der Waals surface area contributed by atoms with Crippen LogP contribution in [0.5, 0.6) is 0 Å². The molecule has 0 amide bonds. The van der Waals surface area contributed by atoms with Crippen molar-refractivity contribution in [3.05, 3.63) is 12.2 Å². The average Bonchev–Trinajstić information content (AvgIpc) is 2.34. The van der Waals surface area contributed by atoms with E-state index >= 15 is 0 Å². The third-order valence-electron chi connectivity index (χ3n) is 3.23. The summed E-state index contributed by atoms with van der Waals surface area (Å²) in [6.45, 7) is 8.47. The van der Waals surface area contributed by atoms with Crippen molar-refractivity contribution in [2.45, 2.75) is 33.1 Å². The molecule has 0 saturated heterocycles. The summed E-state index contributed by atoms with van der Waals surface area (Å²) in [6, 6.07) is 2.25. The molecule has 1 saturated carbocycles. The number of hydrogen-bond acceptors (Lipinski definition) is 1. The van der Waals surface area contributed by atoms with E-state index in [1.807, 2.05) is 0 Å². The minimum atomic E-state index is 0.546. The van der Waals surface area contributed by atoms with Gasteiger partial charge in [-0.2, -0.15) is 5.26 Å². The van der Waals surface area contributed by atoms with Gasteiger partial charge < -0.3 is 0 Å². The van der Waals surface area contributed by atoms with E-state index in [9.17, 15) is 0 Å².